The Kier molecular flexibility index (Phi) is 4.75. The maximum atomic E-state index is 12.6. The van der Waals surface area contributed by atoms with E-state index in [0.717, 1.165) is 5.56 Å². The van der Waals surface area contributed by atoms with E-state index in [1.54, 1.807) is 48.5 Å². The molecule has 1 unspecified atom stereocenters. The van der Waals surface area contributed by atoms with Crippen molar-refractivity contribution in [3.8, 4) is 0 Å². The van der Waals surface area contributed by atoms with Gasteiger partial charge in [-0.2, -0.15) is 0 Å². The highest BCUT2D eigenvalue weighted by Gasteiger charge is 2.18. The minimum absolute atomic E-state index is 0.0235. The number of anilines is 1. The molecule has 0 aliphatic carbocycles. The molecule has 0 spiro atoms. The lowest BCUT2D eigenvalue weighted by atomic mass is 9.91. The molecule has 1 atom stereocenters. The quantitative estimate of drug-likeness (QED) is 0.554. The monoisotopic (exact) mass is 329 g/mol. The average molecular weight is 329 g/mol. The first-order chi connectivity index (χ1) is 12.1. The van der Waals surface area contributed by atoms with Gasteiger partial charge in [0.1, 0.15) is 0 Å². The van der Waals surface area contributed by atoms with Crippen LogP contribution >= 0.6 is 0 Å². The normalized spacial score (nSPS) is 11.7. The van der Waals surface area contributed by atoms with Crippen LogP contribution in [0.1, 0.15) is 44.7 Å². The third kappa shape index (κ3) is 3.66. The molecule has 0 radical (unpaired) electrons. The summed E-state index contributed by atoms with van der Waals surface area (Å²) >= 11 is 0. The fourth-order valence-corrected chi connectivity index (χ4v) is 2.73. The third-order valence-corrected chi connectivity index (χ3v) is 4.30. The van der Waals surface area contributed by atoms with Gasteiger partial charge < -0.3 is 5.73 Å². The molecule has 0 aromatic heterocycles. The predicted octanol–water partition coefficient (Wildman–Crippen LogP) is 4.49. The predicted molar refractivity (Wildman–Crippen MR) is 99.9 cm³/mol. The number of carbonyl (C=O) groups is 2. The summed E-state index contributed by atoms with van der Waals surface area (Å²) in [5.41, 5.74) is 9.07. The second-order valence-corrected chi connectivity index (χ2v) is 6.03. The highest BCUT2D eigenvalue weighted by Crippen LogP contribution is 2.22. The van der Waals surface area contributed by atoms with Crippen molar-refractivity contribution >= 4 is 17.3 Å². The van der Waals surface area contributed by atoms with Gasteiger partial charge in [-0.15, -0.1) is 0 Å². The average Bonchev–Trinajstić information content (AvgIpc) is 2.67. The molecule has 124 valence electrons. The van der Waals surface area contributed by atoms with Crippen LogP contribution in [0.25, 0.3) is 0 Å². The summed E-state index contributed by atoms with van der Waals surface area (Å²) in [6.07, 6.45) is 0. The number of ketones is 2. The lowest BCUT2D eigenvalue weighted by Crippen LogP contribution is -2.10. The number of Topliss-reactive ketones (excluding diaryl/α,β-unsaturated/α-hetero) is 1. The van der Waals surface area contributed by atoms with Crippen LogP contribution in [0.15, 0.2) is 78.9 Å². The van der Waals surface area contributed by atoms with Crippen molar-refractivity contribution in [3.63, 3.8) is 0 Å². The molecule has 3 rings (SSSR count). The van der Waals surface area contributed by atoms with Gasteiger partial charge in [0.15, 0.2) is 11.6 Å². The van der Waals surface area contributed by atoms with Crippen LogP contribution < -0.4 is 5.73 Å². The molecule has 25 heavy (non-hydrogen) atoms. The molecule has 0 heterocycles. The summed E-state index contributed by atoms with van der Waals surface area (Å²) in [5, 5.41) is 0. The van der Waals surface area contributed by atoms with E-state index in [1.165, 1.54) is 0 Å². The van der Waals surface area contributed by atoms with Crippen LogP contribution in [0.3, 0.4) is 0 Å². The lowest BCUT2D eigenvalue weighted by molar-refractivity contribution is 0.0965. The van der Waals surface area contributed by atoms with Gasteiger partial charge in [-0.1, -0.05) is 61.5 Å². The fraction of sp³-hybridized carbons (Fsp3) is 0.0909. The summed E-state index contributed by atoms with van der Waals surface area (Å²) in [5.74, 6) is -0.281. The summed E-state index contributed by atoms with van der Waals surface area (Å²) < 4.78 is 0. The Morgan fingerprint density at radius 3 is 1.84 bits per heavy atom. The molecule has 0 fully saturated rings. The zero-order chi connectivity index (χ0) is 17.8. The molecular formula is C22H19NO2. The highest BCUT2D eigenvalue weighted by molar-refractivity contribution is 6.09. The van der Waals surface area contributed by atoms with E-state index in [4.69, 9.17) is 5.73 Å². The Morgan fingerprint density at radius 1 is 0.720 bits per heavy atom. The molecular weight excluding hydrogens is 310 g/mol. The molecule has 0 aliphatic rings. The lowest BCUT2D eigenvalue weighted by Gasteiger charge is -2.12. The molecule has 3 aromatic rings. The van der Waals surface area contributed by atoms with Crippen LogP contribution in [0.4, 0.5) is 5.69 Å². The molecule has 0 bridgehead atoms. The number of nitrogen functional groups attached to an aromatic ring is 1. The molecule has 3 nitrogen and oxygen atoms in total. The van der Waals surface area contributed by atoms with Gasteiger partial charge in [-0.25, -0.2) is 0 Å². The van der Waals surface area contributed by atoms with Crippen LogP contribution in [0.5, 0.6) is 0 Å². The number of nitrogens with two attached hydrogens (primary N) is 1. The number of hydrogen-bond donors (Lipinski definition) is 1. The van der Waals surface area contributed by atoms with E-state index in [9.17, 15) is 9.59 Å². The first-order valence-corrected chi connectivity index (χ1v) is 8.16. The highest BCUT2D eigenvalue weighted by atomic mass is 16.1. The van der Waals surface area contributed by atoms with Gasteiger partial charge in [-0.05, 0) is 29.8 Å². The maximum Gasteiger partial charge on any atom is 0.193 e. The number of hydrogen-bond acceptors (Lipinski definition) is 3. The maximum absolute atomic E-state index is 12.6. The van der Waals surface area contributed by atoms with Gasteiger partial charge in [0, 0.05) is 28.3 Å². The van der Waals surface area contributed by atoms with E-state index >= 15 is 0 Å². The van der Waals surface area contributed by atoms with E-state index in [2.05, 4.69) is 0 Å². The Labute approximate surface area is 147 Å². The first kappa shape index (κ1) is 16.7. The Hall–Kier alpha value is -3.20. The zero-order valence-corrected chi connectivity index (χ0v) is 14.0. The second-order valence-electron chi connectivity index (χ2n) is 6.03. The Bertz CT molecular complexity index is 882. The van der Waals surface area contributed by atoms with Gasteiger partial charge in [0.05, 0.1) is 0 Å². The molecule has 0 saturated carbocycles. The third-order valence-electron chi connectivity index (χ3n) is 4.30. The van der Waals surface area contributed by atoms with Crippen LogP contribution in [0.2, 0.25) is 0 Å². The number of benzene rings is 3. The molecule has 3 aromatic carbocycles. The molecule has 0 aliphatic heterocycles. The Morgan fingerprint density at radius 2 is 1.24 bits per heavy atom. The van der Waals surface area contributed by atoms with Crippen molar-refractivity contribution in [2.24, 2.45) is 0 Å². The van der Waals surface area contributed by atoms with Gasteiger partial charge in [0.2, 0.25) is 0 Å². The molecule has 3 heteroatoms. The standard InChI is InChI=1S/C22H19NO2/c1-15(21(24)18-11-13-20(23)14-12-18)16-7-9-19(10-8-16)22(25)17-5-3-2-4-6-17/h2-15H,23H2,1H3. The van der Waals surface area contributed by atoms with Gasteiger partial charge in [0.25, 0.3) is 0 Å². The molecule has 2 N–H and O–H groups in total. The second kappa shape index (κ2) is 7.14. The van der Waals surface area contributed by atoms with Crippen LogP contribution in [-0.2, 0) is 0 Å². The zero-order valence-electron chi connectivity index (χ0n) is 14.0. The number of carbonyl (C=O) groups excluding carboxylic acids is 2. The van der Waals surface area contributed by atoms with Crippen molar-refractivity contribution in [2.45, 2.75) is 12.8 Å². The van der Waals surface area contributed by atoms with Crippen molar-refractivity contribution < 1.29 is 9.59 Å². The van der Waals surface area contributed by atoms with Gasteiger partial charge in [-0.3, -0.25) is 9.59 Å². The Balaban J connectivity index is 1.78. The van der Waals surface area contributed by atoms with Gasteiger partial charge >= 0.3 is 0 Å². The largest absolute Gasteiger partial charge is 0.399 e. The topological polar surface area (TPSA) is 60.2 Å². The van der Waals surface area contributed by atoms with E-state index < -0.39 is 0 Å². The SMILES string of the molecule is CC(C(=O)c1ccc(N)cc1)c1ccc(C(=O)c2ccccc2)cc1. The fourth-order valence-electron chi connectivity index (χ4n) is 2.73. The van der Waals surface area contributed by atoms with Crippen molar-refractivity contribution in [3.05, 3.63) is 101 Å². The first-order valence-electron chi connectivity index (χ1n) is 8.16. The van der Waals surface area contributed by atoms with E-state index in [0.29, 0.717) is 22.4 Å². The van der Waals surface area contributed by atoms with E-state index in [-0.39, 0.29) is 17.5 Å². The van der Waals surface area contributed by atoms with Crippen LogP contribution in [0, 0.1) is 0 Å². The van der Waals surface area contributed by atoms with Crippen molar-refractivity contribution in [1.29, 1.82) is 0 Å². The van der Waals surface area contributed by atoms with E-state index in [1.807, 2.05) is 37.3 Å². The van der Waals surface area contributed by atoms with Crippen LogP contribution in [-0.4, -0.2) is 11.6 Å². The summed E-state index contributed by atoms with van der Waals surface area (Å²) in [6, 6.07) is 23.3. The summed E-state index contributed by atoms with van der Waals surface area (Å²) in [6.45, 7) is 1.87. The molecule has 0 amide bonds. The number of rotatable bonds is 5. The summed E-state index contributed by atoms with van der Waals surface area (Å²) in [4.78, 5) is 25.0. The van der Waals surface area contributed by atoms with Crippen molar-refractivity contribution in [2.75, 3.05) is 5.73 Å². The van der Waals surface area contributed by atoms with Crippen molar-refractivity contribution in [1.82, 2.24) is 0 Å². The molecule has 0 saturated heterocycles. The smallest absolute Gasteiger partial charge is 0.193 e. The summed E-state index contributed by atoms with van der Waals surface area (Å²) in [7, 11) is 0. The minimum atomic E-state index is -0.287. The minimum Gasteiger partial charge on any atom is -0.399 e.